The minimum Gasteiger partial charge on any atom is -0.504 e. The molecule has 0 aliphatic heterocycles. The van der Waals surface area contributed by atoms with E-state index < -0.39 is 0 Å². The number of phenolic OH excluding ortho intramolecular Hbond substituents is 1. The minimum atomic E-state index is -0.371. The molecule has 1 aromatic rings. The van der Waals surface area contributed by atoms with Gasteiger partial charge in [-0.25, -0.2) is 0 Å². The summed E-state index contributed by atoms with van der Waals surface area (Å²) >= 11 is 0. The Balaban J connectivity index is 2.72. The Bertz CT molecular complexity index is 433. The lowest BCUT2D eigenvalue weighted by atomic mass is 10.0. The summed E-state index contributed by atoms with van der Waals surface area (Å²) in [4.78, 5) is 11.3. The number of aromatic hydroxyl groups is 1. The highest BCUT2D eigenvalue weighted by Gasteiger charge is 2.18. The molecule has 0 aliphatic carbocycles. The fourth-order valence-electron chi connectivity index (χ4n) is 1.83. The van der Waals surface area contributed by atoms with Crippen LogP contribution in [0.5, 0.6) is 11.5 Å². The zero-order valence-electron chi connectivity index (χ0n) is 11.6. The smallest absolute Gasteiger partial charge is 0.234 e. The number of rotatable bonds is 7. The monoisotopic (exact) mass is 266 g/mol. The normalized spacial score (nSPS) is 12.4. The highest BCUT2D eigenvalue weighted by atomic mass is 16.5. The van der Waals surface area contributed by atoms with E-state index in [2.05, 4.69) is 5.32 Å². The van der Waals surface area contributed by atoms with E-state index in [1.165, 1.54) is 0 Å². The number of benzene rings is 1. The van der Waals surface area contributed by atoms with Crippen LogP contribution in [0.15, 0.2) is 18.2 Å². The van der Waals surface area contributed by atoms with Crippen LogP contribution in [0.3, 0.4) is 0 Å². The fourth-order valence-corrected chi connectivity index (χ4v) is 1.83. The van der Waals surface area contributed by atoms with Crippen LogP contribution in [0.1, 0.15) is 26.3 Å². The number of hydrogen-bond donors (Lipinski definition) is 3. The predicted octanol–water partition coefficient (Wildman–Crippen LogP) is 1.39. The van der Waals surface area contributed by atoms with Crippen LogP contribution in [0, 0.1) is 5.92 Å². The molecule has 5 nitrogen and oxygen atoms in total. The number of carbonyl (C=O) groups is 1. The molecule has 106 valence electrons. The lowest BCUT2D eigenvalue weighted by Gasteiger charge is -2.19. The predicted molar refractivity (Wildman–Crippen MR) is 73.9 cm³/mol. The Morgan fingerprint density at radius 1 is 1.47 bits per heavy atom. The quantitative estimate of drug-likeness (QED) is 0.696. The molecular weight excluding hydrogens is 244 g/mol. The number of nitrogens with two attached hydrogens (primary N) is 1. The molecule has 0 aromatic heterocycles. The topological polar surface area (TPSA) is 84.6 Å². The number of hydrogen-bond acceptors (Lipinski definition) is 4. The second-order valence-electron chi connectivity index (χ2n) is 4.74. The van der Waals surface area contributed by atoms with E-state index in [0.29, 0.717) is 18.9 Å². The molecule has 4 N–H and O–H groups in total. The maximum Gasteiger partial charge on any atom is 0.234 e. The first-order valence-corrected chi connectivity index (χ1v) is 6.43. The summed E-state index contributed by atoms with van der Waals surface area (Å²) in [7, 11) is 0. The van der Waals surface area contributed by atoms with Gasteiger partial charge in [0.05, 0.1) is 12.6 Å². The van der Waals surface area contributed by atoms with Crippen molar-refractivity contribution in [1.82, 2.24) is 5.32 Å². The van der Waals surface area contributed by atoms with Crippen molar-refractivity contribution in [3.63, 3.8) is 0 Å². The summed E-state index contributed by atoms with van der Waals surface area (Å²) in [5.41, 5.74) is 6.26. The summed E-state index contributed by atoms with van der Waals surface area (Å²) in [6.07, 6.45) is 0. The third-order valence-corrected chi connectivity index (χ3v) is 2.82. The summed E-state index contributed by atoms with van der Waals surface area (Å²) in [5, 5.41) is 12.7. The van der Waals surface area contributed by atoms with Crippen LogP contribution in [-0.2, 0) is 11.3 Å². The largest absolute Gasteiger partial charge is 0.504 e. The molecule has 0 spiro atoms. The van der Waals surface area contributed by atoms with Gasteiger partial charge in [0, 0.05) is 6.54 Å². The van der Waals surface area contributed by atoms with Gasteiger partial charge in [-0.3, -0.25) is 4.79 Å². The second-order valence-corrected chi connectivity index (χ2v) is 4.74. The van der Waals surface area contributed by atoms with Crippen LogP contribution in [-0.4, -0.2) is 23.7 Å². The minimum absolute atomic E-state index is 0.112. The van der Waals surface area contributed by atoms with E-state index in [9.17, 15) is 9.90 Å². The molecule has 0 heterocycles. The Kier molecular flexibility index (Phi) is 5.63. The van der Waals surface area contributed by atoms with Crippen LogP contribution < -0.4 is 15.8 Å². The number of phenols is 1. The Hall–Kier alpha value is -1.75. The maximum absolute atomic E-state index is 11.3. The van der Waals surface area contributed by atoms with Gasteiger partial charge in [-0.05, 0) is 30.5 Å². The Morgan fingerprint density at radius 3 is 2.68 bits per heavy atom. The van der Waals surface area contributed by atoms with Crippen molar-refractivity contribution < 1.29 is 14.6 Å². The van der Waals surface area contributed by atoms with Crippen LogP contribution in [0.4, 0.5) is 0 Å². The van der Waals surface area contributed by atoms with Gasteiger partial charge in [0.15, 0.2) is 11.5 Å². The highest BCUT2D eigenvalue weighted by Crippen LogP contribution is 2.26. The molecular formula is C14H22N2O3. The van der Waals surface area contributed by atoms with Gasteiger partial charge in [-0.1, -0.05) is 19.9 Å². The summed E-state index contributed by atoms with van der Waals surface area (Å²) in [6, 6.07) is 4.74. The molecule has 0 radical (unpaired) electrons. The number of primary amides is 1. The van der Waals surface area contributed by atoms with Gasteiger partial charge in [-0.2, -0.15) is 0 Å². The molecule has 0 bridgehead atoms. The van der Waals surface area contributed by atoms with E-state index in [-0.39, 0.29) is 23.6 Å². The number of nitrogens with one attached hydrogen (secondary N) is 1. The molecule has 0 saturated heterocycles. The Morgan fingerprint density at radius 2 is 2.16 bits per heavy atom. The molecule has 0 aliphatic rings. The molecule has 1 aromatic carbocycles. The van der Waals surface area contributed by atoms with E-state index in [4.69, 9.17) is 10.5 Å². The zero-order chi connectivity index (χ0) is 14.4. The lowest BCUT2D eigenvalue weighted by molar-refractivity contribution is -0.121. The Labute approximate surface area is 113 Å². The summed E-state index contributed by atoms with van der Waals surface area (Å²) < 4.78 is 5.31. The molecule has 0 fully saturated rings. The van der Waals surface area contributed by atoms with Crippen LogP contribution in [0.2, 0.25) is 0 Å². The number of carbonyl (C=O) groups excluding carboxylic acids is 1. The van der Waals surface area contributed by atoms with Crippen molar-refractivity contribution in [3.8, 4) is 11.5 Å². The molecule has 5 heteroatoms. The van der Waals surface area contributed by atoms with Gasteiger partial charge >= 0.3 is 0 Å². The lowest BCUT2D eigenvalue weighted by Crippen LogP contribution is -2.44. The summed E-state index contributed by atoms with van der Waals surface area (Å²) in [5.74, 6) is 0.322. The fraction of sp³-hybridized carbons (Fsp3) is 0.500. The molecule has 1 unspecified atom stereocenters. The van der Waals surface area contributed by atoms with E-state index in [0.717, 1.165) is 5.56 Å². The van der Waals surface area contributed by atoms with Gasteiger partial charge in [0.2, 0.25) is 5.91 Å². The van der Waals surface area contributed by atoms with Gasteiger partial charge in [0.1, 0.15) is 0 Å². The number of ether oxygens (including phenoxy) is 1. The first-order chi connectivity index (χ1) is 8.95. The van der Waals surface area contributed by atoms with E-state index in [1.807, 2.05) is 20.8 Å². The van der Waals surface area contributed by atoms with Crippen molar-refractivity contribution in [2.75, 3.05) is 6.61 Å². The molecule has 1 amide bonds. The second kappa shape index (κ2) is 6.99. The van der Waals surface area contributed by atoms with E-state index in [1.54, 1.807) is 18.2 Å². The maximum atomic E-state index is 11.3. The third-order valence-electron chi connectivity index (χ3n) is 2.82. The first-order valence-electron chi connectivity index (χ1n) is 6.43. The molecule has 0 saturated carbocycles. The zero-order valence-corrected chi connectivity index (χ0v) is 11.6. The first kappa shape index (κ1) is 15.3. The SMILES string of the molecule is CCOc1cc(CNC(C(N)=O)C(C)C)ccc1O. The van der Waals surface area contributed by atoms with Crippen molar-refractivity contribution in [3.05, 3.63) is 23.8 Å². The molecule has 1 rings (SSSR count). The highest BCUT2D eigenvalue weighted by molar-refractivity contribution is 5.80. The van der Waals surface area contributed by atoms with Crippen molar-refractivity contribution in [2.45, 2.75) is 33.4 Å². The number of amides is 1. The summed E-state index contributed by atoms with van der Waals surface area (Å²) in [6.45, 7) is 6.70. The third kappa shape index (κ3) is 4.44. The van der Waals surface area contributed by atoms with Gasteiger partial charge in [-0.15, -0.1) is 0 Å². The van der Waals surface area contributed by atoms with E-state index >= 15 is 0 Å². The average Bonchev–Trinajstić information content (AvgIpc) is 2.32. The van der Waals surface area contributed by atoms with Gasteiger partial charge < -0.3 is 20.9 Å². The van der Waals surface area contributed by atoms with Crippen LogP contribution >= 0.6 is 0 Å². The molecule has 1 atom stereocenters. The molecule has 19 heavy (non-hydrogen) atoms. The van der Waals surface area contributed by atoms with Crippen molar-refractivity contribution in [1.29, 1.82) is 0 Å². The average molecular weight is 266 g/mol. The van der Waals surface area contributed by atoms with Crippen molar-refractivity contribution >= 4 is 5.91 Å². The van der Waals surface area contributed by atoms with Crippen molar-refractivity contribution in [2.24, 2.45) is 11.7 Å². The van der Waals surface area contributed by atoms with Crippen LogP contribution in [0.25, 0.3) is 0 Å². The standard InChI is InChI=1S/C14H22N2O3/c1-4-19-12-7-10(5-6-11(12)17)8-16-13(9(2)3)14(15)18/h5-7,9,13,16-17H,4,8H2,1-3H3,(H2,15,18). The van der Waals surface area contributed by atoms with Gasteiger partial charge in [0.25, 0.3) is 0 Å².